The predicted molar refractivity (Wildman–Crippen MR) is 163 cm³/mol. The van der Waals surface area contributed by atoms with Gasteiger partial charge in [-0.25, -0.2) is 9.97 Å². The number of hydrogen-bond acceptors (Lipinski definition) is 8. The minimum absolute atomic E-state index is 0.0140. The summed E-state index contributed by atoms with van der Waals surface area (Å²) in [5.41, 5.74) is 2.69. The van der Waals surface area contributed by atoms with Gasteiger partial charge in [-0.3, -0.25) is 14.5 Å². The average Bonchev–Trinajstić information content (AvgIpc) is 2.94. The topological polar surface area (TPSA) is 106 Å². The van der Waals surface area contributed by atoms with Crippen LogP contribution in [0, 0.1) is 5.41 Å². The van der Waals surface area contributed by atoms with Gasteiger partial charge in [0.25, 0.3) is 0 Å². The molecule has 1 aromatic carbocycles. The maximum Gasteiger partial charge on any atom is 0.240 e. The van der Waals surface area contributed by atoms with Crippen LogP contribution in [0.25, 0.3) is 0 Å². The van der Waals surface area contributed by atoms with E-state index in [0.717, 1.165) is 82.4 Å². The predicted octanol–water partition coefficient (Wildman–Crippen LogP) is 3.01. The van der Waals surface area contributed by atoms with Crippen LogP contribution < -0.4 is 25.8 Å². The highest BCUT2D eigenvalue weighted by Gasteiger charge is 2.41. The summed E-state index contributed by atoms with van der Waals surface area (Å²) in [4.78, 5) is 39.8. The number of aromatic nitrogens is 2. The van der Waals surface area contributed by atoms with Gasteiger partial charge in [0.1, 0.15) is 18.0 Å². The van der Waals surface area contributed by atoms with E-state index in [2.05, 4.69) is 78.7 Å². The number of amides is 2. The zero-order valence-electron chi connectivity index (χ0n) is 24.9. The first kappa shape index (κ1) is 29.1. The van der Waals surface area contributed by atoms with Crippen molar-refractivity contribution in [2.75, 3.05) is 67.5 Å². The number of benzene rings is 1. The third-order valence-corrected chi connectivity index (χ3v) is 8.88. The van der Waals surface area contributed by atoms with E-state index in [0.29, 0.717) is 18.5 Å². The molecule has 2 amide bonds. The zero-order valence-corrected chi connectivity index (χ0v) is 24.9. The molecule has 3 fully saturated rings. The van der Waals surface area contributed by atoms with Crippen molar-refractivity contribution in [2.24, 2.45) is 5.41 Å². The Morgan fingerprint density at radius 1 is 0.976 bits per heavy atom. The molecule has 0 aliphatic carbocycles. The Morgan fingerprint density at radius 2 is 1.71 bits per heavy atom. The number of carbonyl (C=O) groups excluding carboxylic acids is 2. The highest BCUT2D eigenvalue weighted by molar-refractivity contribution is 5.84. The molecule has 5 rings (SSSR count). The van der Waals surface area contributed by atoms with Crippen molar-refractivity contribution in [3.8, 4) is 0 Å². The normalized spacial score (nSPS) is 20.5. The summed E-state index contributed by atoms with van der Waals surface area (Å²) in [7, 11) is 0. The Labute approximate surface area is 244 Å². The van der Waals surface area contributed by atoms with Crippen molar-refractivity contribution in [1.82, 2.24) is 25.5 Å². The van der Waals surface area contributed by atoms with Crippen LogP contribution in [-0.4, -0.2) is 84.6 Å². The maximum atomic E-state index is 12.9. The number of nitrogens with zero attached hydrogens (tertiary/aromatic N) is 5. The van der Waals surface area contributed by atoms with E-state index in [1.165, 1.54) is 25.3 Å². The van der Waals surface area contributed by atoms with Gasteiger partial charge in [-0.05, 0) is 68.3 Å². The molecule has 10 heteroatoms. The molecule has 0 unspecified atom stereocenters. The summed E-state index contributed by atoms with van der Waals surface area (Å²) in [5.74, 6) is 1.76. The lowest BCUT2D eigenvalue weighted by Gasteiger charge is -2.48. The number of rotatable bonds is 9. The Kier molecular flexibility index (Phi) is 8.97. The highest BCUT2D eigenvalue weighted by Crippen LogP contribution is 2.32. The molecule has 3 N–H and O–H groups in total. The van der Waals surface area contributed by atoms with E-state index in [-0.39, 0.29) is 17.4 Å². The van der Waals surface area contributed by atoms with Crippen molar-refractivity contribution >= 4 is 29.1 Å². The van der Waals surface area contributed by atoms with Crippen LogP contribution in [0.3, 0.4) is 0 Å². The van der Waals surface area contributed by atoms with Gasteiger partial charge in [-0.2, -0.15) is 0 Å². The van der Waals surface area contributed by atoms with Crippen molar-refractivity contribution in [3.05, 3.63) is 42.2 Å². The van der Waals surface area contributed by atoms with E-state index in [1.807, 2.05) is 6.07 Å². The summed E-state index contributed by atoms with van der Waals surface area (Å²) >= 11 is 0. The number of hydrogen-bond donors (Lipinski definition) is 3. The number of carbonyl (C=O) groups is 2. The molecule has 2 aromatic rings. The summed E-state index contributed by atoms with van der Waals surface area (Å²) < 4.78 is 0. The van der Waals surface area contributed by atoms with Crippen molar-refractivity contribution in [1.29, 1.82) is 0 Å². The molecule has 1 aromatic heterocycles. The van der Waals surface area contributed by atoms with Crippen molar-refractivity contribution < 1.29 is 9.59 Å². The number of nitrogens with one attached hydrogen (secondary N) is 3. The molecule has 0 bridgehead atoms. The first-order valence-corrected chi connectivity index (χ1v) is 15.1. The molecular weight excluding hydrogens is 516 g/mol. The number of anilines is 3. The Hall–Kier alpha value is -3.40. The number of piperidine rings is 2. The fourth-order valence-corrected chi connectivity index (χ4v) is 6.17. The SMILES string of the molecule is CC(=O)NCCCNc1cc(N2CCC3(CC2)CN(c2ccc(CN4CCC(C)(C)CC4)cc2)CC(=O)N3)ncn1. The third kappa shape index (κ3) is 7.87. The highest BCUT2D eigenvalue weighted by atomic mass is 16.2. The molecule has 0 saturated carbocycles. The first-order chi connectivity index (χ1) is 19.7. The van der Waals surface area contributed by atoms with Crippen LogP contribution in [-0.2, 0) is 16.1 Å². The van der Waals surface area contributed by atoms with E-state index in [1.54, 1.807) is 6.33 Å². The molecule has 0 atom stereocenters. The number of piperazine rings is 1. The lowest BCUT2D eigenvalue weighted by molar-refractivity contribution is -0.123. The van der Waals surface area contributed by atoms with Crippen LogP contribution in [0.1, 0.15) is 58.4 Å². The number of likely N-dealkylation sites (tertiary alicyclic amines) is 1. The van der Waals surface area contributed by atoms with E-state index in [9.17, 15) is 9.59 Å². The van der Waals surface area contributed by atoms with Gasteiger partial charge in [-0.15, -0.1) is 0 Å². The summed E-state index contributed by atoms with van der Waals surface area (Å²) in [6.07, 6.45) is 6.65. The van der Waals surface area contributed by atoms with Crippen LogP contribution in [0.4, 0.5) is 17.3 Å². The molecule has 4 heterocycles. The fraction of sp³-hybridized carbons (Fsp3) is 0.613. The lowest BCUT2D eigenvalue weighted by Crippen LogP contribution is -2.66. The van der Waals surface area contributed by atoms with E-state index in [4.69, 9.17) is 0 Å². The second kappa shape index (κ2) is 12.6. The molecular formula is C31H46N8O2. The fourth-order valence-electron chi connectivity index (χ4n) is 6.17. The summed E-state index contributed by atoms with van der Waals surface area (Å²) in [6, 6.07) is 10.8. The first-order valence-electron chi connectivity index (χ1n) is 15.1. The van der Waals surface area contributed by atoms with Gasteiger partial charge in [0.15, 0.2) is 0 Å². The monoisotopic (exact) mass is 562 g/mol. The Morgan fingerprint density at radius 3 is 2.41 bits per heavy atom. The molecule has 3 aliphatic heterocycles. The summed E-state index contributed by atoms with van der Waals surface area (Å²) in [5, 5.41) is 9.47. The third-order valence-electron chi connectivity index (χ3n) is 8.88. The van der Waals surface area contributed by atoms with Crippen molar-refractivity contribution in [2.45, 2.75) is 65.0 Å². The molecule has 0 radical (unpaired) electrons. The molecule has 3 aliphatic rings. The van der Waals surface area contributed by atoms with Crippen LogP contribution in [0.5, 0.6) is 0 Å². The van der Waals surface area contributed by atoms with E-state index < -0.39 is 0 Å². The lowest BCUT2D eigenvalue weighted by atomic mass is 9.82. The molecule has 10 nitrogen and oxygen atoms in total. The molecule has 3 saturated heterocycles. The van der Waals surface area contributed by atoms with Crippen molar-refractivity contribution in [3.63, 3.8) is 0 Å². The maximum absolute atomic E-state index is 12.9. The summed E-state index contributed by atoms with van der Waals surface area (Å²) in [6.45, 7) is 13.8. The smallest absolute Gasteiger partial charge is 0.240 e. The van der Waals surface area contributed by atoms with Gasteiger partial charge in [0.05, 0.1) is 12.1 Å². The molecule has 1 spiro atoms. The van der Waals surface area contributed by atoms with Crippen LogP contribution >= 0.6 is 0 Å². The van der Waals surface area contributed by atoms with Gasteiger partial charge >= 0.3 is 0 Å². The van der Waals surface area contributed by atoms with Gasteiger partial charge in [0, 0.05) is 57.9 Å². The standard InChI is InChI=1S/C31H46N8O2/c1-24(40)32-13-4-14-33-27-19-28(35-23-34-27)38-17-11-31(12-18-38)22-39(21-29(41)36-31)26-7-5-25(6-8-26)20-37-15-9-30(2,3)10-16-37/h5-8,19,23H,4,9-18,20-22H2,1-3H3,(H,32,40)(H,36,41)(H,33,34,35). The molecule has 41 heavy (non-hydrogen) atoms. The van der Waals surface area contributed by atoms with Gasteiger partial charge < -0.3 is 25.8 Å². The van der Waals surface area contributed by atoms with Crippen LogP contribution in [0.2, 0.25) is 0 Å². The van der Waals surface area contributed by atoms with Gasteiger partial charge in [-0.1, -0.05) is 26.0 Å². The molecule has 222 valence electrons. The largest absolute Gasteiger partial charge is 0.370 e. The Bertz CT molecular complexity index is 1180. The Balaban J connectivity index is 1.13. The zero-order chi connectivity index (χ0) is 28.9. The second-order valence-corrected chi connectivity index (χ2v) is 12.8. The van der Waals surface area contributed by atoms with E-state index >= 15 is 0 Å². The van der Waals surface area contributed by atoms with Crippen LogP contribution in [0.15, 0.2) is 36.7 Å². The van der Waals surface area contributed by atoms with Gasteiger partial charge in [0.2, 0.25) is 11.8 Å². The minimum Gasteiger partial charge on any atom is -0.370 e. The quantitative estimate of drug-likeness (QED) is 0.401. The minimum atomic E-state index is -0.233. The second-order valence-electron chi connectivity index (χ2n) is 12.8. The average molecular weight is 563 g/mol.